The molecule has 130 valence electrons. The van der Waals surface area contributed by atoms with E-state index in [1.807, 2.05) is 57.2 Å². The minimum absolute atomic E-state index is 0.140. The van der Waals surface area contributed by atoms with Crippen LogP contribution >= 0.6 is 0 Å². The van der Waals surface area contributed by atoms with E-state index in [9.17, 15) is 10.1 Å². The zero-order valence-corrected chi connectivity index (χ0v) is 15.3. The molecule has 0 spiro atoms. The number of allylic oxidation sites excluding steroid dienone is 1. The molecule has 2 aromatic rings. The first-order chi connectivity index (χ1) is 12.0. The molecule has 0 bridgehead atoms. The van der Waals surface area contributed by atoms with Crippen molar-refractivity contribution in [1.82, 2.24) is 4.57 Å². The molecule has 0 aliphatic carbocycles. The van der Waals surface area contributed by atoms with Crippen LogP contribution in [0.1, 0.15) is 47.6 Å². The van der Waals surface area contributed by atoms with Gasteiger partial charge in [-0.25, -0.2) is 0 Å². The number of aromatic nitrogens is 1. The highest BCUT2D eigenvalue weighted by atomic mass is 16.5. The molecule has 2 rings (SSSR count). The normalized spacial score (nSPS) is 11.2. The van der Waals surface area contributed by atoms with Crippen LogP contribution in [0.15, 0.2) is 35.9 Å². The van der Waals surface area contributed by atoms with Crippen molar-refractivity contribution in [3.8, 4) is 11.8 Å². The number of carbonyl (C=O) groups excluding carboxylic acids is 1. The van der Waals surface area contributed by atoms with Gasteiger partial charge in [0.1, 0.15) is 17.4 Å². The monoisotopic (exact) mass is 336 g/mol. The van der Waals surface area contributed by atoms with Crippen LogP contribution in [-0.2, 0) is 6.54 Å². The molecule has 1 aromatic heterocycles. The van der Waals surface area contributed by atoms with Gasteiger partial charge in [-0.3, -0.25) is 4.79 Å². The van der Waals surface area contributed by atoms with Gasteiger partial charge in [0.2, 0.25) is 5.78 Å². The summed E-state index contributed by atoms with van der Waals surface area (Å²) in [7, 11) is 0. The van der Waals surface area contributed by atoms with Crippen LogP contribution < -0.4 is 4.74 Å². The molecule has 0 aliphatic rings. The number of hydrogen-bond donors (Lipinski definition) is 0. The Balaban J connectivity index is 2.33. The van der Waals surface area contributed by atoms with Crippen molar-refractivity contribution in [2.24, 2.45) is 0 Å². The summed E-state index contributed by atoms with van der Waals surface area (Å²) in [6.07, 6.45) is 2.63. The van der Waals surface area contributed by atoms with E-state index in [0.29, 0.717) is 12.2 Å². The molecular formula is C21H24N2O2. The number of Topliss-reactive ketones (excluding diaryl/α,β-unsaturated/α-hetero) is 1. The van der Waals surface area contributed by atoms with E-state index in [0.717, 1.165) is 35.7 Å². The van der Waals surface area contributed by atoms with Gasteiger partial charge in [-0.1, -0.05) is 19.1 Å². The highest BCUT2D eigenvalue weighted by Gasteiger charge is 2.19. The first kappa shape index (κ1) is 18.5. The average Bonchev–Trinajstić information content (AvgIpc) is 2.89. The second-order valence-electron chi connectivity index (χ2n) is 5.94. The molecule has 0 aliphatic heterocycles. The van der Waals surface area contributed by atoms with Crippen LogP contribution in [-0.4, -0.2) is 17.0 Å². The summed E-state index contributed by atoms with van der Waals surface area (Å²) >= 11 is 0. The van der Waals surface area contributed by atoms with E-state index in [4.69, 9.17) is 4.74 Å². The molecule has 0 radical (unpaired) electrons. The van der Waals surface area contributed by atoms with Crippen molar-refractivity contribution in [3.63, 3.8) is 0 Å². The van der Waals surface area contributed by atoms with Gasteiger partial charge in [0.25, 0.3) is 0 Å². The fourth-order valence-electron chi connectivity index (χ4n) is 2.89. The maximum atomic E-state index is 12.8. The van der Waals surface area contributed by atoms with Crippen LogP contribution in [0.25, 0.3) is 6.08 Å². The van der Waals surface area contributed by atoms with Gasteiger partial charge in [0.15, 0.2) is 0 Å². The first-order valence-electron chi connectivity index (χ1n) is 8.57. The van der Waals surface area contributed by atoms with E-state index < -0.39 is 0 Å². The molecule has 4 nitrogen and oxygen atoms in total. The predicted molar refractivity (Wildman–Crippen MR) is 99.7 cm³/mol. The van der Waals surface area contributed by atoms with E-state index in [2.05, 4.69) is 11.5 Å². The smallest absolute Gasteiger partial charge is 0.205 e. The Morgan fingerprint density at radius 2 is 1.92 bits per heavy atom. The molecular weight excluding hydrogens is 312 g/mol. The summed E-state index contributed by atoms with van der Waals surface area (Å²) in [5.41, 5.74) is 3.50. The number of ketones is 1. The maximum absolute atomic E-state index is 12.8. The predicted octanol–water partition coefficient (Wildman–Crippen LogP) is 4.70. The first-order valence-corrected chi connectivity index (χ1v) is 8.57. The van der Waals surface area contributed by atoms with Gasteiger partial charge in [0, 0.05) is 23.5 Å². The van der Waals surface area contributed by atoms with Gasteiger partial charge >= 0.3 is 0 Å². The number of aryl methyl sites for hydroxylation is 1. The van der Waals surface area contributed by atoms with E-state index in [1.165, 1.54) is 0 Å². The molecule has 0 N–H and O–H groups in total. The van der Waals surface area contributed by atoms with Gasteiger partial charge < -0.3 is 9.30 Å². The van der Waals surface area contributed by atoms with Crippen molar-refractivity contribution in [3.05, 3.63) is 58.4 Å². The number of rotatable bonds is 7. The molecule has 0 amide bonds. The van der Waals surface area contributed by atoms with Crippen molar-refractivity contribution in [2.75, 3.05) is 6.61 Å². The lowest BCUT2D eigenvalue weighted by Crippen LogP contribution is -2.06. The third-order valence-electron chi connectivity index (χ3n) is 4.13. The van der Waals surface area contributed by atoms with Crippen LogP contribution in [0.5, 0.6) is 5.75 Å². The van der Waals surface area contributed by atoms with Crippen LogP contribution in [0.2, 0.25) is 0 Å². The van der Waals surface area contributed by atoms with Gasteiger partial charge in [0.05, 0.1) is 6.61 Å². The van der Waals surface area contributed by atoms with Crippen LogP contribution in [0.4, 0.5) is 0 Å². The number of nitriles is 1. The van der Waals surface area contributed by atoms with Crippen LogP contribution in [0, 0.1) is 25.2 Å². The number of hydrogen-bond acceptors (Lipinski definition) is 3. The second-order valence-corrected chi connectivity index (χ2v) is 5.94. The molecule has 0 unspecified atom stereocenters. The maximum Gasteiger partial charge on any atom is 0.205 e. The fraction of sp³-hybridized carbons (Fsp3) is 0.333. The Hall–Kier alpha value is -2.80. The molecule has 0 atom stereocenters. The molecule has 1 aromatic carbocycles. The van der Waals surface area contributed by atoms with Gasteiger partial charge in [-0.05, 0) is 57.0 Å². The molecule has 0 saturated carbocycles. The van der Waals surface area contributed by atoms with Gasteiger partial charge in [-0.15, -0.1) is 0 Å². The highest BCUT2D eigenvalue weighted by Crippen LogP contribution is 2.21. The quantitative estimate of drug-likeness (QED) is 0.418. The lowest BCUT2D eigenvalue weighted by Gasteiger charge is -2.07. The van der Waals surface area contributed by atoms with Crippen molar-refractivity contribution >= 4 is 11.9 Å². The number of carbonyl (C=O) groups is 1. The molecule has 0 fully saturated rings. The zero-order chi connectivity index (χ0) is 18.4. The van der Waals surface area contributed by atoms with Crippen molar-refractivity contribution in [1.29, 1.82) is 5.26 Å². The Labute approximate surface area is 149 Å². The number of benzene rings is 1. The Morgan fingerprint density at radius 3 is 2.48 bits per heavy atom. The molecule has 25 heavy (non-hydrogen) atoms. The summed E-state index contributed by atoms with van der Waals surface area (Å²) in [4.78, 5) is 12.8. The second kappa shape index (κ2) is 8.34. The summed E-state index contributed by atoms with van der Waals surface area (Å²) in [6, 6.07) is 11.3. The lowest BCUT2D eigenvalue weighted by atomic mass is 10.0. The Morgan fingerprint density at radius 1 is 1.24 bits per heavy atom. The number of nitrogens with zero attached hydrogens (tertiary/aromatic N) is 2. The molecule has 1 heterocycles. The molecule has 0 saturated heterocycles. The van der Waals surface area contributed by atoms with Crippen LogP contribution in [0.3, 0.4) is 0 Å². The van der Waals surface area contributed by atoms with E-state index >= 15 is 0 Å². The standard InChI is InChI=1S/C21H24N2O2/c1-5-11-23-15(3)12-20(16(23)4)21(24)18(14-22)13-17-7-9-19(10-8-17)25-6-2/h7-10,12-13H,5-6,11H2,1-4H3/b18-13+. The zero-order valence-electron chi connectivity index (χ0n) is 15.3. The lowest BCUT2D eigenvalue weighted by molar-refractivity contribution is 0.103. The average molecular weight is 336 g/mol. The van der Waals surface area contributed by atoms with Crippen molar-refractivity contribution < 1.29 is 9.53 Å². The molecule has 4 heteroatoms. The summed E-state index contributed by atoms with van der Waals surface area (Å²) in [5.74, 6) is 0.541. The van der Waals surface area contributed by atoms with E-state index in [-0.39, 0.29) is 11.4 Å². The third-order valence-corrected chi connectivity index (χ3v) is 4.13. The minimum Gasteiger partial charge on any atom is -0.494 e. The largest absolute Gasteiger partial charge is 0.494 e. The fourth-order valence-corrected chi connectivity index (χ4v) is 2.89. The van der Waals surface area contributed by atoms with Gasteiger partial charge in [-0.2, -0.15) is 5.26 Å². The Bertz CT molecular complexity index is 821. The summed E-state index contributed by atoms with van der Waals surface area (Å²) in [6.45, 7) is 9.42. The highest BCUT2D eigenvalue weighted by molar-refractivity contribution is 6.14. The number of ether oxygens (including phenoxy) is 1. The van der Waals surface area contributed by atoms with Crippen molar-refractivity contribution in [2.45, 2.75) is 40.7 Å². The Kier molecular flexibility index (Phi) is 6.19. The topological polar surface area (TPSA) is 55.0 Å². The minimum atomic E-state index is -0.230. The third kappa shape index (κ3) is 4.19. The SMILES string of the molecule is CCCn1c(C)cc(C(=O)/C(C#N)=C/c2ccc(OCC)cc2)c1C. The summed E-state index contributed by atoms with van der Waals surface area (Å²) < 4.78 is 7.53. The van der Waals surface area contributed by atoms with E-state index in [1.54, 1.807) is 6.08 Å². The summed E-state index contributed by atoms with van der Waals surface area (Å²) in [5, 5.41) is 9.46.